The summed E-state index contributed by atoms with van der Waals surface area (Å²) in [4.78, 5) is 4.59. The Morgan fingerprint density at radius 1 is 0.958 bits per heavy atom. The fraction of sp³-hybridized carbons (Fsp3) is 0.150. The molecule has 4 nitrogen and oxygen atoms in total. The van der Waals surface area contributed by atoms with Crippen LogP contribution in [0.2, 0.25) is 0 Å². The Bertz CT molecular complexity index is 976. The average Bonchev–Trinajstić information content (AvgIpc) is 3.05. The van der Waals surface area contributed by atoms with Crippen LogP contribution < -0.4 is 9.47 Å². The third-order valence-electron chi connectivity index (χ3n) is 4.22. The summed E-state index contributed by atoms with van der Waals surface area (Å²) in [7, 11) is 0. The van der Waals surface area contributed by atoms with Crippen LogP contribution in [0, 0.1) is 13.8 Å². The van der Waals surface area contributed by atoms with Crippen LogP contribution in [-0.4, -0.2) is 16.9 Å². The Hall–Kier alpha value is -3.01. The number of hydrogen-bond donors (Lipinski definition) is 1. The Labute approximate surface area is 140 Å². The first kappa shape index (κ1) is 14.6. The molecule has 1 aliphatic heterocycles. The molecule has 1 N–H and O–H groups in total. The molecule has 3 aromatic rings. The highest BCUT2D eigenvalue weighted by Crippen LogP contribution is 2.33. The highest BCUT2D eigenvalue weighted by Gasteiger charge is 2.12. The lowest BCUT2D eigenvalue weighted by atomic mass is 10.0. The molecule has 0 spiro atoms. The summed E-state index contributed by atoms with van der Waals surface area (Å²) in [5.74, 6) is 1.77. The standard InChI is InChI=1S/C20H17NO3/c1-12-9-13(2)20(22)19-16(12)7-6-15(21-19)5-3-14-4-8-17-18(10-14)24-11-23-17/h3-10,22H,11H2,1-2H3. The van der Waals surface area contributed by atoms with E-state index < -0.39 is 0 Å². The van der Waals surface area contributed by atoms with Gasteiger partial charge in [0, 0.05) is 5.39 Å². The molecule has 0 aliphatic carbocycles. The van der Waals surface area contributed by atoms with Gasteiger partial charge in [-0.1, -0.05) is 24.3 Å². The van der Waals surface area contributed by atoms with Crippen LogP contribution in [-0.2, 0) is 0 Å². The third-order valence-corrected chi connectivity index (χ3v) is 4.22. The number of phenols is 1. The summed E-state index contributed by atoms with van der Waals surface area (Å²) in [6, 6.07) is 11.7. The second-order valence-corrected chi connectivity index (χ2v) is 5.94. The molecular formula is C20H17NO3. The Kier molecular flexibility index (Phi) is 3.38. The number of nitrogens with zero attached hydrogens (tertiary/aromatic N) is 1. The number of phenolic OH excluding ortho intramolecular Hbond substituents is 1. The number of pyridine rings is 1. The summed E-state index contributed by atoms with van der Waals surface area (Å²) in [6.45, 7) is 4.18. The zero-order valence-corrected chi connectivity index (χ0v) is 13.5. The quantitative estimate of drug-likeness (QED) is 0.758. The molecule has 0 atom stereocenters. The monoisotopic (exact) mass is 319 g/mol. The first-order valence-electron chi connectivity index (χ1n) is 7.79. The van der Waals surface area contributed by atoms with Crippen molar-refractivity contribution in [2.45, 2.75) is 13.8 Å². The summed E-state index contributed by atoms with van der Waals surface area (Å²) in [5, 5.41) is 11.3. The Morgan fingerprint density at radius 3 is 2.67 bits per heavy atom. The second kappa shape index (κ2) is 5.57. The van der Waals surface area contributed by atoms with Gasteiger partial charge in [0.05, 0.1) is 5.69 Å². The van der Waals surface area contributed by atoms with Gasteiger partial charge in [0.15, 0.2) is 11.5 Å². The minimum atomic E-state index is 0.244. The van der Waals surface area contributed by atoms with E-state index >= 15 is 0 Å². The van der Waals surface area contributed by atoms with E-state index in [4.69, 9.17) is 9.47 Å². The molecule has 0 saturated carbocycles. The van der Waals surface area contributed by atoms with Crippen LogP contribution in [0.15, 0.2) is 36.4 Å². The molecule has 120 valence electrons. The topological polar surface area (TPSA) is 51.6 Å². The van der Waals surface area contributed by atoms with Crippen molar-refractivity contribution in [3.8, 4) is 17.2 Å². The molecule has 1 aromatic heterocycles. The molecule has 4 rings (SSSR count). The van der Waals surface area contributed by atoms with Crippen LogP contribution in [0.5, 0.6) is 17.2 Å². The van der Waals surface area contributed by atoms with Crippen molar-refractivity contribution < 1.29 is 14.6 Å². The third kappa shape index (κ3) is 2.46. The van der Waals surface area contributed by atoms with E-state index in [1.807, 2.05) is 62.4 Å². The van der Waals surface area contributed by atoms with Gasteiger partial charge in [0.1, 0.15) is 11.3 Å². The van der Waals surface area contributed by atoms with E-state index in [2.05, 4.69) is 4.98 Å². The molecule has 2 heterocycles. The molecule has 0 unspecified atom stereocenters. The van der Waals surface area contributed by atoms with Crippen LogP contribution in [0.1, 0.15) is 22.4 Å². The average molecular weight is 319 g/mol. The minimum absolute atomic E-state index is 0.244. The van der Waals surface area contributed by atoms with E-state index in [1.54, 1.807) is 0 Å². The smallest absolute Gasteiger partial charge is 0.231 e. The van der Waals surface area contributed by atoms with Gasteiger partial charge in [-0.25, -0.2) is 4.98 Å². The van der Waals surface area contributed by atoms with Crippen molar-refractivity contribution in [1.29, 1.82) is 0 Å². The van der Waals surface area contributed by atoms with E-state index in [0.29, 0.717) is 5.52 Å². The van der Waals surface area contributed by atoms with Crippen molar-refractivity contribution in [1.82, 2.24) is 4.98 Å². The molecule has 24 heavy (non-hydrogen) atoms. The van der Waals surface area contributed by atoms with Crippen molar-refractivity contribution in [2.24, 2.45) is 0 Å². The number of ether oxygens (including phenoxy) is 2. The highest BCUT2D eigenvalue weighted by molar-refractivity contribution is 5.89. The number of hydrogen-bond acceptors (Lipinski definition) is 4. The molecule has 0 amide bonds. The van der Waals surface area contributed by atoms with E-state index in [-0.39, 0.29) is 12.5 Å². The van der Waals surface area contributed by atoms with Crippen molar-refractivity contribution in [3.63, 3.8) is 0 Å². The van der Waals surface area contributed by atoms with Crippen molar-refractivity contribution >= 4 is 23.1 Å². The van der Waals surface area contributed by atoms with Crippen molar-refractivity contribution in [2.75, 3.05) is 6.79 Å². The van der Waals surface area contributed by atoms with E-state index in [1.165, 1.54) is 0 Å². The molecule has 1 aliphatic rings. The van der Waals surface area contributed by atoms with E-state index in [9.17, 15) is 5.11 Å². The zero-order chi connectivity index (χ0) is 16.7. The van der Waals surface area contributed by atoms with Crippen LogP contribution in [0.3, 0.4) is 0 Å². The van der Waals surface area contributed by atoms with Crippen LogP contribution in [0.4, 0.5) is 0 Å². The first-order chi connectivity index (χ1) is 11.6. The van der Waals surface area contributed by atoms with Gasteiger partial charge in [-0.05, 0) is 54.8 Å². The van der Waals surface area contributed by atoms with Gasteiger partial charge >= 0.3 is 0 Å². The number of aromatic hydroxyl groups is 1. The molecule has 0 fully saturated rings. The van der Waals surface area contributed by atoms with Crippen LogP contribution >= 0.6 is 0 Å². The molecule has 2 aromatic carbocycles. The summed E-state index contributed by atoms with van der Waals surface area (Å²) in [5.41, 5.74) is 4.38. The number of benzene rings is 2. The minimum Gasteiger partial charge on any atom is -0.505 e. The fourth-order valence-electron chi connectivity index (χ4n) is 2.92. The van der Waals surface area contributed by atoms with Gasteiger partial charge in [-0.3, -0.25) is 0 Å². The lowest BCUT2D eigenvalue weighted by Crippen LogP contribution is -1.92. The second-order valence-electron chi connectivity index (χ2n) is 5.94. The first-order valence-corrected chi connectivity index (χ1v) is 7.79. The molecular weight excluding hydrogens is 302 g/mol. The Morgan fingerprint density at radius 2 is 1.79 bits per heavy atom. The van der Waals surface area contributed by atoms with Gasteiger partial charge in [0.2, 0.25) is 6.79 Å². The number of aryl methyl sites for hydroxylation is 2. The lowest BCUT2D eigenvalue weighted by Gasteiger charge is -2.08. The van der Waals surface area contributed by atoms with Gasteiger partial charge in [0.25, 0.3) is 0 Å². The number of rotatable bonds is 2. The lowest BCUT2D eigenvalue weighted by molar-refractivity contribution is 0.174. The molecule has 0 saturated heterocycles. The largest absolute Gasteiger partial charge is 0.505 e. The Balaban J connectivity index is 1.71. The summed E-state index contributed by atoms with van der Waals surface area (Å²) >= 11 is 0. The van der Waals surface area contributed by atoms with Gasteiger partial charge in [-0.2, -0.15) is 0 Å². The molecule has 0 bridgehead atoms. The van der Waals surface area contributed by atoms with Gasteiger partial charge < -0.3 is 14.6 Å². The fourth-order valence-corrected chi connectivity index (χ4v) is 2.92. The highest BCUT2D eigenvalue weighted by atomic mass is 16.7. The summed E-state index contributed by atoms with van der Waals surface area (Å²) < 4.78 is 10.7. The maximum Gasteiger partial charge on any atom is 0.231 e. The van der Waals surface area contributed by atoms with Crippen molar-refractivity contribution in [3.05, 3.63) is 58.8 Å². The number of aromatic nitrogens is 1. The zero-order valence-electron chi connectivity index (χ0n) is 13.5. The summed E-state index contributed by atoms with van der Waals surface area (Å²) in [6.07, 6.45) is 3.89. The predicted molar refractivity (Wildman–Crippen MR) is 94.4 cm³/mol. The normalized spacial score (nSPS) is 13.1. The maximum absolute atomic E-state index is 10.3. The van der Waals surface area contributed by atoms with Crippen LogP contribution in [0.25, 0.3) is 23.1 Å². The molecule has 0 radical (unpaired) electrons. The predicted octanol–water partition coefficient (Wildman–Crippen LogP) is 4.46. The SMILES string of the molecule is Cc1cc(C)c2ccc(C=Cc3ccc4c(c3)OCO4)nc2c1O. The van der Waals surface area contributed by atoms with Gasteiger partial charge in [-0.15, -0.1) is 0 Å². The number of fused-ring (bicyclic) bond motifs is 2. The maximum atomic E-state index is 10.3. The molecule has 4 heteroatoms. The van der Waals surface area contributed by atoms with E-state index in [0.717, 1.165) is 39.3 Å².